The summed E-state index contributed by atoms with van der Waals surface area (Å²) in [6.45, 7) is 8.08. The molecule has 2 aromatic rings. The number of fused-ring (bicyclic) bond motifs is 1. The average Bonchev–Trinajstić information content (AvgIpc) is 2.66. The summed E-state index contributed by atoms with van der Waals surface area (Å²) in [7, 11) is -1.06. The minimum Gasteiger partial charge on any atom is -0.383 e. The zero-order chi connectivity index (χ0) is 14.0. The predicted octanol–water partition coefficient (Wildman–Crippen LogP) is 2.37. The highest BCUT2D eigenvalue weighted by molar-refractivity contribution is 6.76. The third-order valence-electron chi connectivity index (χ3n) is 2.65. The standard InChI is InChI=1S/C11H18ClN5OSi/c1-19(2,3)5-4-18-7-17-6-8-9(13)14-11(12)15-10(8)16-17/h6H,4-5,7H2,1-3H3,(H2,13,14,15,16). The third-order valence-corrected chi connectivity index (χ3v) is 4.52. The summed E-state index contributed by atoms with van der Waals surface area (Å²) < 4.78 is 7.27. The van der Waals surface area contributed by atoms with E-state index in [4.69, 9.17) is 22.1 Å². The van der Waals surface area contributed by atoms with Crippen LogP contribution in [-0.4, -0.2) is 34.4 Å². The molecular weight excluding hydrogens is 282 g/mol. The Morgan fingerprint density at radius 2 is 2.11 bits per heavy atom. The average molecular weight is 300 g/mol. The van der Waals surface area contributed by atoms with E-state index in [-0.39, 0.29) is 5.28 Å². The third kappa shape index (κ3) is 3.89. The van der Waals surface area contributed by atoms with Crippen LogP contribution in [0.2, 0.25) is 31.0 Å². The molecule has 0 saturated heterocycles. The Hall–Kier alpha value is -1.18. The Kier molecular flexibility index (Phi) is 4.07. The van der Waals surface area contributed by atoms with E-state index in [1.807, 2.05) is 0 Å². The fraction of sp³-hybridized carbons (Fsp3) is 0.545. The Morgan fingerprint density at radius 3 is 2.79 bits per heavy atom. The molecule has 6 nitrogen and oxygen atoms in total. The van der Waals surface area contributed by atoms with Crippen LogP contribution >= 0.6 is 11.6 Å². The van der Waals surface area contributed by atoms with Crippen LogP contribution in [0.4, 0.5) is 5.82 Å². The van der Waals surface area contributed by atoms with Crippen molar-refractivity contribution >= 4 is 36.5 Å². The van der Waals surface area contributed by atoms with Gasteiger partial charge in [-0.2, -0.15) is 4.98 Å². The van der Waals surface area contributed by atoms with E-state index in [9.17, 15) is 0 Å². The van der Waals surface area contributed by atoms with Crippen molar-refractivity contribution in [2.24, 2.45) is 0 Å². The van der Waals surface area contributed by atoms with E-state index in [0.717, 1.165) is 12.7 Å². The lowest BCUT2D eigenvalue weighted by molar-refractivity contribution is 0.0790. The van der Waals surface area contributed by atoms with E-state index in [1.165, 1.54) is 0 Å². The van der Waals surface area contributed by atoms with E-state index >= 15 is 0 Å². The number of nitrogens with two attached hydrogens (primary N) is 1. The molecule has 0 aliphatic heterocycles. The van der Waals surface area contributed by atoms with Crippen molar-refractivity contribution in [1.29, 1.82) is 0 Å². The van der Waals surface area contributed by atoms with Gasteiger partial charge in [-0.25, -0.2) is 9.67 Å². The Morgan fingerprint density at radius 1 is 1.37 bits per heavy atom. The highest BCUT2D eigenvalue weighted by Crippen LogP contribution is 2.18. The normalized spacial score (nSPS) is 12.2. The fourth-order valence-electron chi connectivity index (χ4n) is 1.55. The van der Waals surface area contributed by atoms with E-state index < -0.39 is 8.07 Å². The largest absolute Gasteiger partial charge is 0.383 e. The number of ether oxygens (including phenoxy) is 1. The van der Waals surface area contributed by atoms with E-state index in [0.29, 0.717) is 23.6 Å². The molecule has 0 bridgehead atoms. The lowest BCUT2D eigenvalue weighted by atomic mass is 10.4. The molecular formula is C11H18ClN5OSi. The quantitative estimate of drug-likeness (QED) is 0.521. The summed E-state index contributed by atoms with van der Waals surface area (Å²) in [5, 5.41) is 5.05. The van der Waals surface area contributed by atoms with Crippen LogP contribution in [0.15, 0.2) is 6.20 Å². The van der Waals surface area contributed by atoms with Crippen molar-refractivity contribution in [1.82, 2.24) is 19.7 Å². The second-order valence-corrected chi connectivity index (χ2v) is 11.6. The van der Waals surface area contributed by atoms with E-state index in [2.05, 4.69) is 34.7 Å². The molecule has 8 heteroatoms. The van der Waals surface area contributed by atoms with Gasteiger partial charge in [0.15, 0.2) is 5.65 Å². The molecule has 2 rings (SSSR count). The molecule has 2 aromatic heterocycles. The van der Waals surface area contributed by atoms with Crippen LogP contribution in [-0.2, 0) is 11.5 Å². The Labute approximate surface area is 117 Å². The van der Waals surface area contributed by atoms with Crippen molar-refractivity contribution in [2.75, 3.05) is 12.3 Å². The summed E-state index contributed by atoms with van der Waals surface area (Å²) in [5.41, 5.74) is 6.25. The summed E-state index contributed by atoms with van der Waals surface area (Å²) in [5.74, 6) is 0.336. The monoisotopic (exact) mass is 299 g/mol. The molecule has 0 radical (unpaired) electrons. The number of rotatable bonds is 5. The van der Waals surface area contributed by atoms with Crippen molar-refractivity contribution < 1.29 is 4.74 Å². The van der Waals surface area contributed by atoms with Crippen LogP contribution < -0.4 is 5.73 Å². The molecule has 19 heavy (non-hydrogen) atoms. The van der Waals surface area contributed by atoms with Gasteiger partial charge >= 0.3 is 0 Å². The van der Waals surface area contributed by atoms with Crippen molar-refractivity contribution in [3.63, 3.8) is 0 Å². The maximum atomic E-state index is 5.76. The number of nitrogens with zero attached hydrogens (tertiary/aromatic N) is 4. The summed E-state index contributed by atoms with van der Waals surface area (Å²) in [6.07, 6.45) is 1.77. The number of nitrogen functional groups attached to an aromatic ring is 1. The smallest absolute Gasteiger partial charge is 0.226 e. The minimum absolute atomic E-state index is 0.106. The number of halogens is 1. The molecule has 0 amide bonds. The van der Waals surface area contributed by atoms with E-state index in [1.54, 1.807) is 10.9 Å². The molecule has 0 fully saturated rings. The van der Waals surface area contributed by atoms with Crippen molar-refractivity contribution in [3.05, 3.63) is 11.5 Å². The topological polar surface area (TPSA) is 78.9 Å². The van der Waals surface area contributed by atoms with Gasteiger partial charge in [-0.3, -0.25) is 0 Å². The number of aromatic nitrogens is 4. The zero-order valence-corrected chi connectivity index (χ0v) is 13.1. The maximum absolute atomic E-state index is 5.76. The van der Waals surface area contributed by atoms with Gasteiger partial charge < -0.3 is 10.5 Å². The second-order valence-electron chi connectivity index (χ2n) is 5.63. The fourth-order valence-corrected chi connectivity index (χ4v) is 2.48. The summed E-state index contributed by atoms with van der Waals surface area (Å²) in [4.78, 5) is 7.91. The summed E-state index contributed by atoms with van der Waals surface area (Å²) >= 11 is 5.73. The number of hydrogen-bond donors (Lipinski definition) is 1. The van der Waals surface area contributed by atoms with Crippen molar-refractivity contribution in [3.8, 4) is 0 Å². The molecule has 104 valence electrons. The molecule has 0 atom stereocenters. The minimum atomic E-state index is -1.06. The first-order chi connectivity index (χ1) is 8.85. The van der Waals surface area contributed by atoms with Crippen LogP contribution in [0.3, 0.4) is 0 Å². The molecule has 2 N–H and O–H groups in total. The highest BCUT2D eigenvalue weighted by atomic mass is 35.5. The first-order valence-electron chi connectivity index (χ1n) is 6.09. The maximum Gasteiger partial charge on any atom is 0.226 e. The second kappa shape index (κ2) is 5.44. The molecule has 0 aromatic carbocycles. The van der Waals surface area contributed by atoms with Gasteiger partial charge in [0, 0.05) is 20.9 Å². The summed E-state index contributed by atoms with van der Waals surface area (Å²) in [6, 6.07) is 1.13. The molecule has 2 heterocycles. The lowest BCUT2D eigenvalue weighted by Crippen LogP contribution is -2.22. The Bertz CT molecular complexity index is 580. The number of hydrogen-bond acceptors (Lipinski definition) is 5. The van der Waals surface area contributed by atoms with Gasteiger partial charge in [-0.15, -0.1) is 5.10 Å². The van der Waals surface area contributed by atoms with Crippen LogP contribution in [0.1, 0.15) is 0 Å². The SMILES string of the molecule is C[Si](C)(C)CCOCn1cc2c(N)nc(Cl)nc2n1. The lowest BCUT2D eigenvalue weighted by Gasteiger charge is -2.15. The Balaban J connectivity index is 2.00. The number of anilines is 1. The zero-order valence-electron chi connectivity index (χ0n) is 11.4. The van der Waals surface area contributed by atoms with Crippen molar-refractivity contribution in [2.45, 2.75) is 32.4 Å². The molecule has 0 unspecified atom stereocenters. The highest BCUT2D eigenvalue weighted by Gasteiger charge is 2.12. The van der Waals surface area contributed by atoms with Gasteiger partial charge in [-0.05, 0) is 17.6 Å². The van der Waals surface area contributed by atoms with Gasteiger partial charge in [0.1, 0.15) is 12.5 Å². The van der Waals surface area contributed by atoms with Crippen LogP contribution in [0.25, 0.3) is 11.0 Å². The molecule has 0 aliphatic carbocycles. The first-order valence-corrected chi connectivity index (χ1v) is 10.2. The van der Waals surface area contributed by atoms with Crippen LogP contribution in [0.5, 0.6) is 0 Å². The molecule has 0 saturated carbocycles. The van der Waals surface area contributed by atoms with Gasteiger partial charge in [0.2, 0.25) is 5.28 Å². The van der Waals surface area contributed by atoms with Gasteiger partial charge in [0.25, 0.3) is 0 Å². The van der Waals surface area contributed by atoms with Gasteiger partial charge in [0.05, 0.1) is 5.39 Å². The van der Waals surface area contributed by atoms with Gasteiger partial charge in [-0.1, -0.05) is 19.6 Å². The van der Waals surface area contributed by atoms with Crippen LogP contribution in [0, 0.1) is 0 Å². The molecule has 0 aliphatic rings. The first kappa shape index (κ1) is 14.2. The predicted molar refractivity (Wildman–Crippen MR) is 78.9 cm³/mol. The molecule has 0 spiro atoms.